The van der Waals surface area contributed by atoms with Crippen molar-refractivity contribution in [1.29, 1.82) is 0 Å². The van der Waals surface area contributed by atoms with Gasteiger partial charge in [-0.3, -0.25) is 0 Å². The van der Waals surface area contributed by atoms with Gasteiger partial charge in [0.2, 0.25) is 11.4 Å². The van der Waals surface area contributed by atoms with Crippen molar-refractivity contribution >= 4 is 139 Å². The highest BCUT2D eigenvalue weighted by molar-refractivity contribution is 6.71. The largest absolute Gasteiger partial charge is 0.218 e. The lowest BCUT2D eigenvalue weighted by Gasteiger charge is -2.27. The van der Waals surface area contributed by atoms with Crippen LogP contribution in [0.25, 0.3) is 0 Å². The molecule has 0 heterocycles. The van der Waals surface area contributed by atoms with Crippen LogP contribution >= 0.6 is 139 Å². The van der Waals surface area contributed by atoms with E-state index in [0.29, 0.717) is 0 Å². The molecule has 0 saturated heterocycles. The summed E-state index contributed by atoms with van der Waals surface area (Å²) in [6, 6.07) is 0. The van der Waals surface area contributed by atoms with Crippen LogP contribution in [0.15, 0.2) is 0 Å². The van der Waals surface area contributed by atoms with Crippen molar-refractivity contribution in [2.75, 3.05) is 0 Å². The normalized spacial score (nSPS) is 13.7. The highest BCUT2D eigenvalue weighted by atomic mass is 35.6. The molecule has 1 aromatic carbocycles. The summed E-state index contributed by atoms with van der Waals surface area (Å²) in [4.78, 5) is 0. The molecule has 0 amide bonds. The zero-order chi connectivity index (χ0) is 17.0. The number of alkyl halides is 9. The van der Waals surface area contributed by atoms with Gasteiger partial charge in [-0.25, -0.2) is 0 Å². The van der Waals surface area contributed by atoms with Crippen LogP contribution in [0.1, 0.15) is 16.7 Å². The van der Waals surface area contributed by atoms with Gasteiger partial charge in [0.05, 0.1) is 15.1 Å². The molecule has 0 saturated carbocycles. The molecule has 0 bridgehead atoms. The fraction of sp³-hybridized carbons (Fsp3) is 0.333. The summed E-state index contributed by atoms with van der Waals surface area (Å²) in [7, 11) is 0. The van der Waals surface area contributed by atoms with E-state index in [1.54, 1.807) is 0 Å². The first-order valence-corrected chi connectivity index (χ1v) is 9.05. The van der Waals surface area contributed by atoms with Crippen LogP contribution in [-0.2, 0) is 11.4 Å². The third kappa shape index (κ3) is 4.87. The standard InChI is InChI=1S/C9Cl12/c10-4-1(7(13,14)15)5(11)3(9(19,20)21)6(12)2(4)8(16,17)18. The van der Waals surface area contributed by atoms with E-state index in [2.05, 4.69) is 0 Å². The van der Waals surface area contributed by atoms with Crippen molar-refractivity contribution in [2.24, 2.45) is 0 Å². The zero-order valence-electron chi connectivity index (χ0n) is 9.04. The SMILES string of the molecule is Clc1c(C(Cl)(Cl)Cl)c(Cl)c(C(Cl)(Cl)Cl)c(Cl)c1C(Cl)(Cl)Cl. The van der Waals surface area contributed by atoms with E-state index < -0.39 is 11.4 Å². The molecule has 0 aliphatic rings. The molecule has 1 aromatic rings. The molecule has 0 aliphatic heterocycles. The number of hydrogen-bond donors (Lipinski definition) is 0. The summed E-state index contributed by atoms with van der Waals surface area (Å²) in [5.74, 6) is 0. The van der Waals surface area contributed by atoms with E-state index in [0.717, 1.165) is 0 Å². The molecule has 0 N–H and O–H groups in total. The van der Waals surface area contributed by atoms with E-state index >= 15 is 0 Å². The number of halogens is 12. The summed E-state index contributed by atoms with van der Waals surface area (Å²) in [6.07, 6.45) is 0. The Kier molecular flexibility index (Phi) is 7.39. The Morgan fingerprint density at radius 1 is 0.381 bits per heavy atom. The number of hydrogen-bond acceptors (Lipinski definition) is 0. The monoisotopic (exact) mass is 528 g/mol. The van der Waals surface area contributed by atoms with Crippen LogP contribution in [0, 0.1) is 0 Å². The second-order valence-corrected chi connectivity index (χ2v) is 11.5. The molecule has 21 heavy (non-hydrogen) atoms. The van der Waals surface area contributed by atoms with Crippen molar-refractivity contribution in [1.82, 2.24) is 0 Å². The van der Waals surface area contributed by atoms with E-state index in [-0.39, 0.29) is 31.8 Å². The molecular formula is C9Cl12. The Morgan fingerprint density at radius 3 is 0.619 bits per heavy atom. The van der Waals surface area contributed by atoms with Crippen LogP contribution in [0.3, 0.4) is 0 Å². The predicted molar refractivity (Wildman–Crippen MR) is 99.2 cm³/mol. The first-order chi connectivity index (χ1) is 9.10. The van der Waals surface area contributed by atoms with Crippen LogP contribution in [0.2, 0.25) is 15.1 Å². The fourth-order valence-corrected chi connectivity index (χ4v) is 5.54. The molecule has 0 unspecified atom stereocenters. The van der Waals surface area contributed by atoms with Crippen molar-refractivity contribution < 1.29 is 0 Å². The van der Waals surface area contributed by atoms with Crippen LogP contribution < -0.4 is 0 Å². The second-order valence-electron chi connectivity index (χ2n) is 3.56. The quantitative estimate of drug-likeness (QED) is 0.292. The van der Waals surface area contributed by atoms with Crippen LogP contribution in [-0.4, -0.2) is 0 Å². The maximum absolute atomic E-state index is 6.11. The summed E-state index contributed by atoms with van der Waals surface area (Å²) < 4.78 is -6.23. The van der Waals surface area contributed by atoms with E-state index in [1.165, 1.54) is 0 Å². The molecule has 12 heteroatoms. The van der Waals surface area contributed by atoms with Gasteiger partial charge in [0.1, 0.15) is 0 Å². The third-order valence-corrected chi connectivity index (χ3v) is 5.00. The lowest BCUT2D eigenvalue weighted by Crippen LogP contribution is -2.16. The van der Waals surface area contributed by atoms with Gasteiger partial charge >= 0.3 is 0 Å². The lowest BCUT2D eigenvalue weighted by atomic mass is 10.1. The van der Waals surface area contributed by atoms with Gasteiger partial charge in [0, 0.05) is 16.7 Å². The predicted octanol–water partition coefficient (Wildman–Crippen LogP) is 9.13. The topological polar surface area (TPSA) is 0 Å². The number of rotatable bonds is 0. The van der Waals surface area contributed by atoms with Crippen LogP contribution in [0.5, 0.6) is 0 Å². The lowest BCUT2D eigenvalue weighted by molar-refractivity contribution is 1.11. The first kappa shape index (κ1) is 21.7. The highest BCUT2D eigenvalue weighted by Gasteiger charge is 2.43. The maximum atomic E-state index is 6.11. The van der Waals surface area contributed by atoms with Gasteiger partial charge < -0.3 is 0 Å². The van der Waals surface area contributed by atoms with Crippen molar-refractivity contribution in [3.8, 4) is 0 Å². The second kappa shape index (κ2) is 7.14. The van der Waals surface area contributed by atoms with Crippen LogP contribution in [0.4, 0.5) is 0 Å². The van der Waals surface area contributed by atoms with Gasteiger partial charge in [0.25, 0.3) is 0 Å². The maximum Gasteiger partial charge on any atom is 0.218 e. The minimum absolute atomic E-state index is 0.220. The average molecular weight is 534 g/mol. The Balaban J connectivity index is 4.04. The van der Waals surface area contributed by atoms with E-state index in [9.17, 15) is 0 Å². The molecule has 0 spiro atoms. The Morgan fingerprint density at radius 2 is 0.524 bits per heavy atom. The minimum Gasteiger partial charge on any atom is -0.0833 e. The fourth-order valence-electron chi connectivity index (χ4n) is 1.41. The number of benzene rings is 1. The summed E-state index contributed by atoms with van der Waals surface area (Å²) >= 11 is 70.8. The van der Waals surface area contributed by atoms with Crippen molar-refractivity contribution in [3.63, 3.8) is 0 Å². The molecule has 0 fully saturated rings. The molecular weight excluding hydrogens is 534 g/mol. The van der Waals surface area contributed by atoms with Gasteiger partial charge in [-0.05, 0) is 0 Å². The molecule has 0 aromatic heterocycles. The van der Waals surface area contributed by atoms with Gasteiger partial charge in [-0.1, -0.05) is 139 Å². The molecule has 0 radical (unpaired) electrons. The minimum atomic E-state index is -2.08. The molecule has 0 aliphatic carbocycles. The van der Waals surface area contributed by atoms with Gasteiger partial charge in [-0.2, -0.15) is 0 Å². The van der Waals surface area contributed by atoms with Gasteiger partial charge in [-0.15, -0.1) is 0 Å². The molecule has 0 atom stereocenters. The van der Waals surface area contributed by atoms with E-state index in [4.69, 9.17) is 139 Å². The Labute approximate surface area is 180 Å². The van der Waals surface area contributed by atoms with Crippen molar-refractivity contribution in [3.05, 3.63) is 31.8 Å². The van der Waals surface area contributed by atoms with Crippen molar-refractivity contribution in [2.45, 2.75) is 11.4 Å². The average Bonchev–Trinajstić information content (AvgIpc) is 2.07. The third-order valence-electron chi connectivity index (χ3n) is 2.17. The molecule has 1 rings (SSSR count). The van der Waals surface area contributed by atoms with Gasteiger partial charge in [0.15, 0.2) is 0 Å². The Bertz CT molecular complexity index is 456. The van der Waals surface area contributed by atoms with E-state index in [1.807, 2.05) is 0 Å². The first-order valence-electron chi connectivity index (χ1n) is 4.52. The molecule has 0 nitrogen and oxygen atoms in total. The summed E-state index contributed by atoms with van der Waals surface area (Å²) in [6.45, 7) is 0. The highest BCUT2D eigenvalue weighted by Crippen LogP contribution is 2.58. The Hall–Kier alpha value is 2.70. The molecule has 120 valence electrons. The summed E-state index contributed by atoms with van der Waals surface area (Å²) in [5, 5.41) is -0.783. The smallest absolute Gasteiger partial charge is 0.0833 e. The zero-order valence-corrected chi connectivity index (χ0v) is 18.1. The summed E-state index contributed by atoms with van der Waals surface area (Å²) in [5.41, 5.74) is -0.659.